The second-order valence-corrected chi connectivity index (χ2v) is 3.29. The summed E-state index contributed by atoms with van der Waals surface area (Å²) in [4.78, 5) is 4.03. The van der Waals surface area contributed by atoms with E-state index in [2.05, 4.69) is 4.98 Å². The van der Waals surface area contributed by atoms with Crippen molar-refractivity contribution < 1.29 is 14.6 Å². The highest BCUT2D eigenvalue weighted by molar-refractivity contribution is 5.23. The summed E-state index contributed by atoms with van der Waals surface area (Å²) in [5.74, 6) is 0.733. The highest BCUT2D eigenvalue weighted by Crippen LogP contribution is 2.16. The first-order valence-corrected chi connectivity index (χ1v) is 5.00. The zero-order chi connectivity index (χ0) is 11.1. The van der Waals surface area contributed by atoms with Gasteiger partial charge in [0.25, 0.3) is 0 Å². The van der Waals surface area contributed by atoms with E-state index in [1.54, 1.807) is 32.4 Å². The first kappa shape index (κ1) is 11.9. The molecule has 4 heteroatoms. The molecule has 1 heterocycles. The number of ether oxygens (including phenoxy) is 2. The number of hydrogen-bond donors (Lipinski definition) is 1. The maximum absolute atomic E-state index is 9.32. The average molecular weight is 211 g/mol. The lowest BCUT2D eigenvalue weighted by molar-refractivity contribution is 0.171. The number of methoxy groups -OCH3 is 1. The van der Waals surface area contributed by atoms with Gasteiger partial charge >= 0.3 is 0 Å². The standard InChI is InChI=1S/C11H17NO3/c1-9(13)11-8-10(4-5-12-11)15-7-3-6-14-2/h4-5,8-9,13H,3,6-7H2,1-2H3. The van der Waals surface area contributed by atoms with Crippen molar-refractivity contribution in [1.82, 2.24) is 4.98 Å². The largest absolute Gasteiger partial charge is 0.493 e. The number of hydrogen-bond acceptors (Lipinski definition) is 4. The van der Waals surface area contributed by atoms with Crippen LogP contribution in [0.2, 0.25) is 0 Å². The molecular formula is C11H17NO3. The molecule has 0 saturated heterocycles. The van der Waals surface area contributed by atoms with Gasteiger partial charge in [0.05, 0.1) is 18.4 Å². The van der Waals surface area contributed by atoms with Crippen molar-refractivity contribution in [2.75, 3.05) is 20.3 Å². The molecule has 1 atom stereocenters. The summed E-state index contributed by atoms with van der Waals surface area (Å²) in [7, 11) is 1.66. The van der Waals surface area contributed by atoms with Crippen LogP contribution >= 0.6 is 0 Å². The van der Waals surface area contributed by atoms with Crippen molar-refractivity contribution in [1.29, 1.82) is 0 Å². The Bertz CT molecular complexity index is 289. The van der Waals surface area contributed by atoms with E-state index >= 15 is 0 Å². The lowest BCUT2D eigenvalue weighted by atomic mass is 10.2. The van der Waals surface area contributed by atoms with Gasteiger partial charge in [-0.3, -0.25) is 4.98 Å². The summed E-state index contributed by atoms with van der Waals surface area (Å²) < 4.78 is 10.4. The van der Waals surface area contributed by atoms with E-state index in [4.69, 9.17) is 9.47 Å². The molecule has 0 radical (unpaired) electrons. The van der Waals surface area contributed by atoms with Crippen molar-refractivity contribution in [3.63, 3.8) is 0 Å². The maximum atomic E-state index is 9.32. The summed E-state index contributed by atoms with van der Waals surface area (Å²) in [6, 6.07) is 3.52. The van der Waals surface area contributed by atoms with Crippen molar-refractivity contribution in [2.45, 2.75) is 19.4 Å². The molecule has 0 amide bonds. The van der Waals surface area contributed by atoms with Gasteiger partial charge < -0.3 is 14.6 Å². The molecular weight excluding hydrogens is 194 g/mol. The number of nitrogens with zero attached hydrogens (tertiary/aromatic N) is 1. The number of aliphatic hydroxyl groups excluding tert-OH is 1. The molecule has 0 saturated carbocycles. The SMILES string of the molecule is COCCCOc1ccnc(C(C)O)c1. The zero-order valence-electron chi connectivity index (χ0n) is 9.14. The molecule has 0 spiro atoms. The van der Waals surface area contributed by atoms with Crippen molar-refractivity contribution in [2.24, 2.45) is 0 Å². The van der Waals surface area contributed by atoms with Crippen molar-refractivity contribution in [3.05, 3.63) is 24.0 Å². The second-order valence-electron chi connectivity index (χ2n) is 3.29. The van der Waals surface area contributed by atoms with Gasteiger partial charge in [-0.25, -0.2) is 0 Å². The first-order chi connectivity index (χ1) is 7.24. The normalized spacial score (nSPS) is 12.5. The number of aliphatic hydroxyl groups is 1. The molecule has 0 bridgehead atoms. The fourth-order valence-corrected chi connectivity index (χ4v) is 1.14. The summed E-state index contributed by atoms with van der Waals surface area (Å²) in [6.07, 6.45) is 1.92. The molecule has 4 nitrogen and oxygen atoms in total. The van der Waals surface area contributed by atoms with E-state index in [9.17, 15) is 5.11 Å². The van der Waals surface area contributed by atoms with E-state index in [1.807, 2.05) is 0 Å². The minimum Gasteiger partial charge on any atom is -0.493 e. The van der Waals surface area contributed by atoms with Gasteiger partial charge in [0.1, 0.15) is 5.75 Å². The summed E-state index contributed by atoms with van der Waals surface area (Å²) >= 11 is 0. The van der Waals surface area contributed by atoms with Crippen molar-refractivity contribution >= 4 is 0 Å². The Hall–Kier alpha value is -1.13. The van der Waals surface area contributed by atoms with Crippen LogP contribution in [0, 0.1) is 0 Å². The number of pyridine rings is 1. The fourth-order valence-electron chi connectivity index (χ4n) is 1.14. The maximum Gasteiger partial charge on any atom is 0.122 e. The molecule has 84 valence electrons. The Morgan fingerprint density at radius 3 is 2.93 bits per heavy atom. The molecule has 1 unspecified atom stereocenters. The molecule has 0 fully saturated rings. The van der Waals surface area contributed by atoms with Gasteiger partial charge in [-0.2, -0.15) is 0 Å². The Morgan fingerprint density at radius 2 is 2.27 bits per heavy atom. The van der Waals surface area contributed by atoms with Gasteiger partial charge in [0, 0.05) is 32.4 Å². The van der Waals surface area contributed by atoms with Crippen LogP contribution in [0.1, 0.15) is 25.1 Å². The molecule has 0 aliphatic rings. The Labute approximate surface area is 89.9 Å². The Balaban J connectivity index is 2.43. The van der Waals surface area contributed by atoms with Gasteiger partial charge in [-0.15, -0.1) is 0 Å². The van der Waals surface area contributed by atoms with Crippen LogP contribution < -0.4 is 4.74 Å². The molecule has 1 rings (SSSR count). The third-order valence-electron chi connectivity index (χ3n) is 1.94. The average Bonchev–Trinajstić information content (AvgIpc) is 2.25. The van der Waals surface area contributed by atoms with E-state index in [0.717, 1.165) is 12.2 Å². The van der Waals surface area contributed by atoms with E-state index in [1.165, 1.54) is 0 Å². The second kappa shape index (κ2) is 6.37. The number of aromatic nitrogens is 1. The molecule has 1 aromatic heterocycles. The van der Waals surface area contributed by atoms with Crippen LogP contribution in [0.3, 0.4) is 0 Å². The fraction of sp³-hybridized carbons (Fsp3) is 0.545. The molecule has 0 aliphatic heterocycles. The van der Waals surface area contributed by atoms with Gasteiger partial charge in [-0.1, -0.05) is 0 Å². The molecule has 1 aromatic rings. The van der Waals surface area contributed by atoms with Crippen LogP contribution in [-0.4, -0.2) is 30.4 Å². The van der Waals surface area contributed by atoms with Crippen molar-refractivity contribution in [3.8, 4) is 5.75 Å². The lowest BCUT2D eigenvalue weighted by Gasteiger charge is -2.08. The van der Waals surface area contributed by atoms with Gasteiger partial charge in [0.15, 0.2) is 0 Å². The van der Waals surface area contributed by atoms with E-state index in [-0.39, 0.29) is 0 Å². The van der Waals surface area contributed by atoms with Gasteiger partial charge in [0.2, 0.25) is 0 Å². The molecule has 0 aromatic carbocycles. The quantitative estimate of drug-likeness (QED) is 0.725. The Kier molecular flexibility index (Phi) is 5.07. The number of rotatable bonds is 6. The Morgan fingerprint density at radius 1 is 1.47 bits per heavy atom. The minimum absolute atomic E-state index is 0.562. The van der Waals surface area contributed by atoms with Crippen LogP contribution in [0.25, 0.3) is 0 Å². The summed E-state index contributed by atoms with van der Waals surface area (Å²) in [5.41, 5.74) is 0.624. The predicted octanol–water partition coefficient (Wildman–Crippen LogP) is 1.55. The predicted molar refractivity (Wildman–Crippen MR) is 56.9 cm³/mol. The van der Waals surface area contributed by atoms with Crippen LogP contribution in [-0.2, 0) is 4.74 Å². The first-order valence-electron chi connectivity index (χ1n) is 5.00. The molecule has 1 N–H and O–H groups in total. The zero-order valence-corrected chi connectivity index (χ0v) is 9.14. The third-order valence-corrected chi connectivity index (χ3v) is 1.94. The highest BCUT2D eigenvalue weighted by atomic mass is 16.5. The summed E-state index contributed by atoms with van der Waals surface area (Å²) in [6.45, 7) is 2.97. The summed E-state index contributed by atoms with van der Waals surface area (Å²) in [5, 5.41) is 9.32. The van der Waals surface area contributed by atoms with E-state index in [0.29, 0.717) is 18.9 Å². The van der Waals surface area contributed by atoms with Crippen LogP contribution in [0.5, 0.6) is 5.75 Å². The van der Waals surface area contributed by atoms with Crippen LogP contribution in [0.4, 0.5) is 0 Å². The monoisotopic (exact) mass is 211 g/mol. The minimum atomic E-state index is -0.562. The lowest BCUT2D eigenvalue weighted by Crippen LogP contribution is -2.02. The highest BCUT2D eigenvalue weighted by Gasteiger charge is 2.03. The van der Waals surface area contributed by atoms with Gasteiger partial charge in [-0.05, 0) is 13.0 Å². The smallest absolute Gasteiger partial charge is 0.122 e. The molecule has 15 heavy (non-hydrogen) atoms. The topological polar surface area (TPSA) is 51.6 Å². The van der Waals surface area contributed by atoms with E-state index < -0.39 is 6.10 Å². The molecule has 0 aliphatic carbocycles. The third kappa shape index (κ3) is 4.27. The van der Waals surface area contributed by atoms with Crippen LogP contribution in [0.15, 0.2) is 18.3 Å².